The Kier molecular flexibility index (Phi) is 5.37. The summed E-state index contributed by atoms with van der Waals surface area (Å²) in [5.74, 6) is 3.73. The summed E-state index contributed by atoms with van der Waals surface area (Å²) in [7, 11) is 0. The molecule has 0 aliphatic heterocycles. The van der Waals surface area contributed by atoms with Gasteiger partial charge >= 0.3 is 0 Å². The highest BCUT2D eigenvalue weighted by atomic mass is 16.5. The molecule has 1 aliphatic rings. The van der Waals surface area contributed by atoms with E-state index in [0.29, 0.717) is 18.4 Å². The molecular formula is C15H27N3O. The SMILES string of the molecule is CCC1CCC(c2noc(CNCC(C)C)n2)CC1. The Hall–Kier alpha value is -0.900. The smallest absolute Gasteiger partial charge is 0.240 e. The molecule has 0 aromatic carbocycles. The standard InChI is InChI=1S/C15H27N3O/c1-4-12-5-7-13(8-6-12)15-17-14(19-18-15)10-16-9-11(2)3/h11-13,16H,4-10H2,1-3H3. The zero-order valence-corrected chi connectivity index (χ0v) is 12.5. The number of nitrogens with zero attached hydrogens (tertiary/aromatic N) is 2. The van der Waals surface area contributed by atoms with Crippen LogP contribution in [0.25, 0.3) is 0 Å². The molecule has 1 aliphatic carbocycles. The van der Waals surface area contributed by atoms with E-state index in [1.165, 1.54) is 32.1 Å². The van der Waals surface area contributed by atoms with Gasteiger partial charge in [-0.25, -0.2) is 0 Å². The third kappa shape index (κ3) is 4.30. The highest BCUT2D eigenvalue weighted by Crippen LogP contribution is 2.35. The molecule has 4 heteroatoms. The first kappa shape index (κ1) is 14.5. The average Bonchev–Trinajstić information content (AvgIpc) is 2.87. The molecular weight excluding hydrogens is 238 g/mol. The van der Waals surface area contributed by atoms with Crippen LogP contribution in [0, 0.1) is 11.8 Å². The first-order valence-corrected chi connectivity index (χ1v) is 7.72. The lowest BCUT2D eigenvalue weighted by Gasteiger charge is -2.25. The van der Waals surface area contributed by atoms with Crippen LogP contribution in [0.3, 0.4) is 0 Å². The van der Waals surface area contributed by atoms with Gasteiger partial charge in [0.2, 0.25) is 5.89 Å². The van der Waals surface area contributed by atoms with E-state index in [1.807, 2.05) is 0 Å². The van der Waals surface area contributed by atoms with Gasteiger partial charge in [0, 0.05) is 5.92 Å². The molecule has 108 valence electrons. The van der Waals surface area contributed by atoms with Crippen LogP contribution < -0.4 is 5.32 Å². The van der Waals surface area contributed by atoms with Gasteiger partial charge in [-0.05, 0) is 44.1 Å². The minimum atomic E-state index is 0.519. The lowest BCUT2D eigenvalue weighted by Crippen LogP contribution is -2.19. The van der Waals surface area contributed by atoms with Gasteiger partial charge in [-0.2, -0.15) is 4.98 Å². The third-order valence-corrected chi connectivity index (χ3v) is 4.10. The number of aromatic nitrogens is 2. The van der Waals surface area contributed by atoms with Crippen LogP contribution in [0.1, 0.15) is 70.5 Å². The zero-order valence-electron chi connectivity index (χ0n) is 12.5. The maximum absolute atomic E-state index is 5.33. The Morgan fingerprint density at radius 3 is 2.63 bits per heavy atom. The van der Waals surface area contributed by atoms with E-state index >= 15 is 0 Å². The second-order valence-electron chi connectivity index (χ2n) is 6.20. The fourth-order valence-corrected chi connectivity index (χ4v) is 2.80. The van der Waals surface area contributed by atoms with E-state index in [9.17, 15) is 0 Å². The number of hydrogen-bond donors (Lipinski definition) is 1. The molecule has 0 amide bonds. The number of nitrogens with one attached hydrogen (secondary N) is 1. The van der Waals surface area contributed by atoms with E-state index in [2.05, 4.69) is 36.2 Å². The summed E-state index contributed by atoms with van der Waals surface area (Å²) in [6.45, 7) is 8.35. The normalized spacial score (nSPS) is 24.0. The van der Waals surface area contributed by atoms with Crippen LogP contribution in [0.5, 0.6) is 0 Å². The van der Waals surface area contributed by atoms with Crippen LogP contribution in [-0.2, 0) is 6.54 Å². The van der Waals surface area contributed by atoms with Crippen molar-refractivity contribution in [3.63, 3.8) is 0 Å². The monoisotopic (exact) mass is 265 g/mol. The van der Waals surface area contributed by atoms with Crippen molar-refractivity contribution >= 4 is 0 Å². The summed E-state index contributed by atoms with van der Waals surface area (Å²) in [5.41, 5.74) is 0. The second-order valence-corrected chi connectivity index (χ2v) is 6.20. The molecule has 0 saturated heterocycles. The number of rotatable bonds is 6. The number of hydrogen-bond acceptors (Lipinski definition) is 4. The van der Waals surface area contributed by atoms with Crippen molar-refractivity contribution in [3.8, 4) is 0 Å². The molecule has 2 rings (SSSR count). The van der Waals surface area contributed by atoms with Crippen LogP contribution >= 0.6 is 0 Å². The third-order valence-electron chi connectivity index (χ3n) is 4.10. The molecule has 1 aromatic rings. The lowest BCUT2D eigenvalue weighted by molar-refractivity contribution is 0.302. The first-order chi connectivity index (χ1) is 9.19. The van der Waals surface area contributed by atoms with Crippen molar-refractivity contribution in [2.24, 2.45) is 11.8 Å². The van der Waals surface area contributed by atoms with Crippen LogP contribution in [0.15, 0.2) is 4.52 Å². The van der Waals surface area contributed by atoms with Crippen LogP contribution in [-0.4, -0.2) is 16.7 Å². The maximum atomic E-state index is 5.33. The molecule has 0 spiro atoms. The average molecular weight is 265 g/mol. The molecule has 1 N–H and O–H groups in total. The predicted molar refractivity (Wildman–Crippen MR) is 75.8 cm³/mol. The highest BCUT2D eigenvalue weighted by Gasteiger charge is 2.24. The Morgan fingerprint density at radius 2 is 2.00 bits per heavy atom. The summed E-state index contributed by atoms with van der Waals surface area (Å²) in [6.07, 6.45) is 6.38. The van der Waals surface area contributed by atoms with Gasteiger partial charge in [-0.1, -0.05) is 32.3 Å². The molecule has 1 heterocycles. The van der Waals surface area contributed by atoms with Gasteiger partial charge in [0.1, 0.15) is 0 Å². The van der Waals surface area contributed by atoms with Crippen molar-refractivity contribution in [1.29, 1.82) is 0 Å². The molecule has 0 bridgehead atoms. The van der Waals surface area contributed by atoms with Crippen molar-refractivity contribution in [3.05, 3.63) is 11.7 Å². The molecule has 1 fully saturated rings. The van der Waals surface area contributed by atoms with Gasteiger partial charge in [0.25, 0.3) is 0 Å². The molecule has 19 heavy (non-hydrogen) atoms. The summed E-state index contributed by atoms with van der Waals surface area (Å²) in [4.78, 5) is 4.54. The Balaban J connectivity index is 1.80. The second kappa shape index (κ2) is 7.04. The lowest BCUT2D eigenvalue weighted by atomic mass is 9.80. The van der Waals surface area contributed by atoms with Gasteiger partial charge in [0.05, 0.1) is 6.54 Å². The van der Waals surface area contributed by atoms with Crippen molar-refractivity contribution in [2.45, 2.75) is 65.3 Å². The Bertz CT molecular complexity index is 367. The minimum absolute atomic E-state index is 0.519. The summed E-state index contributed by atoms with van der Waals surface area (Å²) in [5, 5.41) is 7.50. The topological polar surface area (TPSA) is 51.0 Å². The maximum Gasteiger partial charge on any atom is 0.240 e. The van der Waals surface area contributed by atoms with E-state index in [1.54, 1.807) is 0 Å². The van der Waals surface area contributed by atoms with Gasteiger partial charge in [-0.15, -0.1) is 0 Å². The van der Waals surface area contributed by atoms with Crippen molar-refractivity contribution in [2.75, 3.05) is 6.54 Å². The zero-order chi connectivity index (χ0) is 13.7. The molecule has 0 atom stereocenters. The van der Waals surface area contributed by atoms with Crippen molar-refractivity contribution < 1.29 is 4.52 Å². The molecule has 4 nitrogen and oxygen atoms in total. The Morgan fingerprint density at radius 1 is 1.26 bits per heavy atom. The van der Waals surface area contributed by atoms with Crippen LogP contribution in [0.2, 0.25) is 0 Å². The molecule has 0 unspecified atom stereocenters. The van der Waals surface area contributed by atoms with Crippen LogP contribution in [0.4, 0.5) is 0 Å². The Labute approximate surface area is 116 Å². The quantitative estimate of drug-likeness (QED) is 0.855. The van der Waals surface area contributed by atoms with Gasteiger partial charge < -0.3 is 9.84 Å². The summed E-state index contributed by atoms with van der Waals surface area (Å²) in [6, 6.07) is 0. The van der Waals surface area contributed by atoms with E-state index in [4.69, 9.17) is 4.52 Å². The predicted octanol–water partition coefficient (Wildman–Crippen LogP) is 3.50. The fraction of sp³-hybridized carbons (Fsp3) is 0.867. The molecule has 1 saturated carbocycles. The fourth-order valence-electron chi connectivity index (χ4n) is 2.80. The van der Waals surface area contributed by atoms with E-state index < -0.39 is 0 Å². The van der Waals surface area contributed by atoms with E-state index in [0.717, 1.165) is 24.2 Å². The minimum Gasteiger partial charge on any atom is -0.338 e. The van der Waals surface area contributed by atoms with Gasteiger partial charge in [-0.3, -0.25) is 0 Å². The highest BCUT2D eigenvalue weighted by molar-refractivity contribution is 4.97. The van der Waals surface area contributed by atoms with Crippen molar-refractivity contribution in [1.82, 2.24) is 15.5 Å². The summed E-state index contributed by atoms with van der Waals surface area (Å²) < 4.78 is 5.33. The first-order valence-electron chi connectivity index (χ1n) is 7.72. The molecule has 0 radical (unpaired) electrons. The van der Waals surface area contributed by atoms with Gasteiger partial charge in [0.15, 0.2) is 5.82 Å². The molecule has 1 aromatic heterocycles. The largest absolute Gasteiger partial charge is 0.338 e. The van der Waals surface area contributed by atoms with E-state index in [-0.39, 0.29) is 0 Å². The summed E-state index contributed by atoms with van der Waals surface area (Å²) >= 11 is 0.